The Kier molecular flexibility index (Phi) is 6.67. The van der Waals surface area contributed by atoms with Crippen molar-refractivity contribution >= 4 is 17.5 Å². The van der Waals surface area contributed by atoms with Gasteiger partial charge in [-0.3, -0.25) is 4.79 Å². The van der Waals surface area contributed by atoms with Gasteiger partial charge in [-0.25, -0.2) is 0 Å². The molecule has 1 aromatic carbocycles. The van der Waals surface area contributed by atoms with E-state index < -0.39 is 0 Å². The number of hydrogen-bond donors (Lipinski definition) is 1. The number of halogens is 1. The van der Waals surface area contributed by atoms with Gasteiger partial charge in [0.25, 0.3) is 0 Å². The Labute approximate surface area is 107 Å². The average Bonchev–Trinajstić information content (AvgIpc) is 2.38. The van der Waals surface area contributed by atoms with Crippen LogP contribution in [0.4, 0.5) is 0 Å². The summed E-state index contributed by atoms with van der Waals surface area (Å²) < 4.78 is 5.66. The maximum atomic E-state index is 10.8. The Morgan fingerprint density at radius 1 is 1.41 bits per heavy atom. The fourth-order valence-corrected chi connectivity index (χ4v) is 1.52. The molecule has 0 spiro atoms. The first-order valence-electron chi connectivity index (χ1n) is 5.73. The third-order valence-electron chi connectivity index (χ3n) is 2.40. The van der Waals surface area contributed by atoms with E-state index in [0.29, 0.717) is 13.2 Å². The van der Waals surface area contributed by atoms with Crippen LogP contribution in [-0.2, 0) is 9.53 Å². The highest BCUT2D eigenvalue weighted by Gasteiger charge is 2.04. The van der Waals surface area contributed by atoms with E-state index in [1.165, 1.54) is 0 Å². The van der Waals surface area contributed by atoms with Crippen LogP contribution < -0.4 is 5.32 Å². The summed E-state index contributed by atoms with van der Waals surface area (Å²) in [6.07, 6.45) is 0.875. The Balaban J connectivity index is 2.13. The minimum Gasteiger partial charge on any atom is -0.374 e. The van der Waals surface area contributed by atoms with E-state index in [1.807, 2.05) is 37.3 Å². The van der Waals surface area contributed by atoms with E-state index in [9.17, 15) is 4.79 Å². The van der Waals surface area contributed by atoms with Crippen LogP contribution in [0.25, 0.3) is 0 Å². The van der Waals surface area contributed by atoms with Gasteiger partial charge in [0.2, 0.25) is 5.91 Å². The molecule has 0 unspecified atom stereocenters. The van der Waals surface area contributed by atoms with Crippen molar-refractivity contribution in [2.24, 2.45) is 0 Å². The largest absolute Gasteiger partial charge is 0.374 e. The van der Waals surface area contributed by atoms with E-state index in [-0.39, 0.29) is 17.9 Å². The second kappa shape index (κ2) is 8.09. The molecule has 0 saturated heterocycles. The summed E-state index contributed by atoms with van der Waals surface area (Å²) in [6.45, 7) is 3.25. The molecule has 0 aliphatic heterocycles. The van der Waals surface area contributed by atoms with Gasteiger partial charge in [-0.2, -0.15) is 0 Å². The zero-order valence-corrected chi connectivity index (χ0v) is 10.7. The molecule has 1 atom stereocenters. The molecule has 1 rings (SSSR count). The van der Waals surface area contributed by atoms with E-state index in [1.54, 1.807) is 0 Å². The van der Waals surface area contributed by atoms with Crippen LogP contribution in [0.3, 0.4) is 0 Å². The van der Waals surface area contributed by atoms with Crippen molar-refractivity contribution in [3.05, 3.63) is 35.9 Å². The summed E-state index contributed by atoms with van der Waals surface area (Å²) in [5, 5.41) is 2.69. The lowest BCUT2D eigenvalue weighted by atomic mass is 10.1. The van der Waals surface area contributed by atoms with Gasteiger partial charge in [0.15, 0.2) is 0 Å². The van der Waals surface area contributed by atoms with Gasteiger partial charge < -0.3 is 10.1 Å². The van der Waals surface area contributed by atoms with Crippen LogP contribution >= 0.6 is 11.6 Å². The van der Waals surface area contributed by atoms with Crippen molar-refractivity contribution in [2.75, 3.05) is 19.0 Å². The number of alkyl halides is 1. The maximum Gasteiger partial charge on any atom is 0.234 e. The quantitative estimate of drug-likeness (QED) is 0.601. The standard InChI is InChI=1S/C13H18ClNO2/c1-11(12-6-3-2-4-7-12)17-9-5-8-15-13(16)10-14/h2-4,6-7,11H,5,8-10H2,1H3,(H,15,16)/t11-/m0/s1. The highest BCUT2D eigenvalue weighted by molar-refractivity contribution is 6.27. The second-order valence-corrected chi connectivity index (χ2v) is 4.03. The Bertz CT molecular complexity index is 329. The molecule has 0 saturated carbocycles. The number of carbonyl (C=O) groups is 1. The van der Waals surface area contributed by atoms with Crippen LogP contribution in [0.1, 0.15) is 25.0 Å². The SMILES string of the molecule is C[C@H](OCCCNC(=O)CCl)c1ccccc1. The van der Waals surface area contributed by atoms with Gasteiger partial charge >= 0.3 is 0 Å². The fourth-order valence-electron chi connectivity index (χ4n) is 1.43. The van der Waals surface area contributed by atoms with Crippen molar-refractivity contribution < 1.29 is 9.53 Å². The minimum atomic E-state index is -0.136. The van der Waals surface area contributed by atoms with Gasteiger partial charge in [-0.05, 0) is 18.9 Å². The van der Waals surface area contributed by atoms with Crippen molar-refractivity contribution in [1.29, 1.82) is 0 Å². The van der Waals surface area contributed by atoms with Gasteiger partial charge in [0.1, 0.15) is 5.88 Å². The van der Waals surface area contributed by atoms with E-state index in [0.717, 1.165) is 12.0 Å². The molecule has 0 aliphatic carbocycles. The van der Waals surface area contributed by atoms with Crippen molar-refractivity contribution in [1.82, 2.24) is 5.32 Å². The van der Waals surface area contributed by atoms with Crippen LogP contribution in [0.5, 0.6) is 0 Å². The summed E-state index contributed by atoms with van der Waals surface area (Å²) in [5.74, 6) is -0.121. The third kappa shape index (κ3) is 5.71. The number of benzene rings is 1. The summed E-state index contributed by atoms with van der Waals surface area (Å²) in [6, 6.07) is 10.1. The number of hydrogen-bond acceptors (Lipinski definition) is 2. The average molecular weight is 256 g/mol. The highest BCUT2D eigenvalue weighted by atomic mass is 35.5. The molecule has 17 heavy (non-hydrogen) atoms. The first kappa shape index (κ1) is 14.0. The monoisotopic (exact) mass is 255 g/mol. The molecule has 1 aromatic rings. The molecule has 4 heteroatoms. The lowest BCUT2D eigenvalue weighted by Crippen LogP contribution is -2.26. The van der Waals surface area contributed by atoms with Gasteiger partial charge in [0.05, 0.1) is 6.10 Å². The number of rotatable bonds is 7. The zero-order valence-electron chi connectivity index (χ0n) is 9.99. The van der Waals surface area contributed by atoms with Crippen LogP contribution in [0, 0.1) is 0 Å². The molecule has 3 nitrogen and oxygen atoms in total. The first-order valence-corrected chi connectivity index (χ1v) is 6.26. The van der Waals surface area contributed by atoms with Gasteiger partial charge in [-0.1, -0.05) is 30.3 Å². The maximum absolute atomic E-state index is 10.8. The van der Waals surface area contributed by atoms with E-state index >= 15 is 0 Å². The lowest BCUT2D eigenvalue weighted by Gasteiger charge is -2.13. The van der Waals surface area contributed by atoms with Crippen LogP contribution in [0.15, 0.2) is 30.3 Å². The highest BCUT2D eigenvalue weighted by Crippen LogP contribution is 2.15. The molecule has 0 heterocycles. The molecule has 0 aromatic heterocycles. The number of nitrogens with one attached hydrogen (secondary N) is 1. The van der Waals surface area contributed by atoms with Crippen LogP contribution in [0.2, 0.25) is 0 Å². The first-order chi connectivity index (χ1) is 8.24. The second-order valence-electron chi connectivity index (χ2n) is 3.76. The number of carbonyl (C=O) groups excluding carboxylic acids is 1. The zero-order chi connectivity index (χ0) is 12.5. The number of ether oxygens (including phenoxy) is 1. The molecule has 0 fully saturated rings. The Morgan fingerprint density at radius 3 is 2.76 bits per heavy atom. The molecular weight excluding hydrogens is 238 g/mol. The van der Waals surface area contributed by atoms with E-state index in [4.69, 9.17) is 16.3 Å². The van der Waals surface area contributed by atoms with Crippen LogP contribution in [-0.4, -0.2) is 24.9 Å². The summed E-state index contributed by atoms with van der Waals surface area (Å²) in [4.78, 5) is 10.8. The topological polar surface area (TPSA) is 38.3 Å². The Morgan fingerprint density at radius 2 is 2.12 bits per heavy atom. The molecule has 94 valence electrons. The molecular formula is C13H18ClNO2. The predicted octanol–water partition coefficient (Wildman–Crippen LogP) is 2.51. The minimum absolute atomic E-state index is 0.0152. The molecule has 0 bridgehead atoms. The van der Waals surface area contributed by atoms with E-state index in [2.05, 4.69) is 5.32 Å². The normalized spacial score (nSPS) is 12.1. The van der Waals surface area contributed by atoms with Crippen molar-refractivity contribution in [3.63, 3.8) is 0 Å². The molecule has 0 aliphatic rings. The third-order valence-corrected chi connectivity index (χ3v) is 2.64. The van der Waals surface area contributed by atoms with Crippen molar-refractivity contribution in [2.45, 2.75) is 19.4 Å². The molecule has 0 radical (unpaired) electrons. The summed E-state index contributed by atoms with van der Waals surface area (Å²) >= 11 is 5.35. The smallest absolute Gasteiger partial charge is 0.234 e. The molecule has 1 N–H and O–H groups in total. The summed E-state index contributed by atoms with van der Waals surface area (Å²) in [5.41, 5.74) is 1.16. The Hall–Kier alpha value is -1.06. The summed E-state index contributed by atoms with van der Waals surface area (Å²) in [7, 11) is 0. The predicted molar refractivity (Wildman–Crippen MR) is 69.2 cm³/mol. The van der Waals surface area contributed by atoms with Gasteiger partial charge in [0, 0.05) is 13.2 Å². The number of amides is 1. The van der Waals surface area contributed by atoms with Crippen molar-refractivity contribution in [3.8, 4) is 0 Å². The fraction of sp³-hybridized carbons (Fsp3) is 0.462. The molecule has 1 amide bonds. The lowest BCUT2D eigenvalue weighted by molar-refractivity contribution is -0.118. The van der Waals surface area contributed by atoms with Gasteiger partial charge in [-0.15, -0.1) is 11.6 Å².